The summed E-state index contributed by atoms with van der Waals surface area (Å²) in [6.45, 7) is 12.5. The van der Waals surface area contributed by atoms with Crippen molar-refractivity contribution in [1.82, 2.24) is 10.2 Å². The second-order valence-corrected chi connectivity index (χ2v) is 6.52. The minimum atomic E-state index is -0.777. The van der Waals surface area contributed by atoms with Crippen LogP contribution < -0.4 is 11.1 Å². The zero-order valence-corrected chi connectivity index (χ0v) is 13.4. The van der Waals surface area contributed by atoms with Crippen LogP contribution in [0.4, 0.5) is 0 Å². The Morgan fingerprint density at radius 2 is 2.25 bits per heavy atom. The quantitative estimate of drug-likeness (QED) is 0.731. The third-order valence-corrected chi connectivity index (χ3v) is 3.62. The standard InChI is InChI=1S/C15H31N3O2/c1-5-6-15(4,16)14(19)17-9-13-11-18(7-8-20-13)10-12(2)3/h12-13H,5-11,16H2,1-4H3,(H,17,19). The van der Waals surface area contributed by atoms with Gasteiger partial charge in [0.15, 0.2) is 0 Å². The predicted molar refractivity (Wildman–Crippen MR) is 81.5 cm³/mol. The van der Waals surface area contributed by atoms with Crippen LogP contribution in [0.2, 0.25) is 0 Å². The molecule has 1 aliphatic heterocycles. The minimum absolute atomic E-state index is 0.0730. The Morgan fingerprint density at radius 3 is 2.85 bits per heavy atom. The van der Waals surface area contributed by atoms with E-state index in [0.717, 1.165) is 32.7 Å². The van der Waals surface area contributed by atoms with Crippen LogP contribution in [0.1, 0.15) is 40.5 Å². The smallest absolute Gasteiger partial charge is 0.239 e. The van der Waals surface area contributed by atoms with Gasteiger partial charge in [0, 0.05) is 26.2 Å². The molecule has 0 aromatic carbocycles. The summed E-state index contributed by atoms with van der Waals surface area (Å²) < 4.78 is 5.72. The van der Waals surface area contributed by atoms with Crippen molar-refractivity contribution in [1.29, 1.82) is 0 Å². The average molecular weight is 285 g/mol. The first-order valence-electron chi connectivity index (χ1n) is 7.76. The SMILES string of the molecule is CCCC(C)(N)C(=O)NCC1CN(CC(C)C)CCO1. The molecule has 0 spiro atoms. The van der Waals surface area contributed by atoms with Gasteiger partial charge in [0.2, 0.25) is 5.91 Å². The first kappa shape index (κ1) is 17.4. The number of carbonyl (C=O) groups excluding carboxylic acids is 1. The summed E-state index contributed by atoms with van der Waals surface area (Å²) in [5.74, 6) is 0.573. The largest absolute Gasteiger partial charge is 0.374 e. The summed E-state index contributed by atoms with van der Waals surface area (Å²) >= 11 is 0. The van der Waals surface area contributed by atoms with Gasteiger partial charge in [0.25, 0.3) is 0 Å². The molecule has 1 heterocycles. The fourth-order valence-electron chi connectivity index (χ4n) is 2.63. The van der Waals surface area contributed by atoms with Crippen LogP contribution in [0.3, 0.4) is 0 Å². The van der Waals surface area contributed by atoms with Crippen LogP contribution >= 0.6 is 0 Å². The lowest BCUT2D eigenvalue weighted by Crippen LogP contribution is -2.55. The van der Waals surface area contributed by atoms with Gasteiger partial charge in [0.05, 0.1) is 18.2 Å². The fraction of sp³-hybridized carbons (Fsp3) is 0.933. The fourth-order valence-corrected chi connectivity index (χ4v) is 2.63. The predicted octanol–water partition coefficient (Wildman–Crippen LogP) is 0.977. The number of nitrogens with two attached hydrogens (primary N) is 1. The molecule has 0 radical (unpaired) electrons. The number of hydrogen-bond donors (Lipinski definition) is 2. The van der Waals surface area contributed by atoms with Gasteiger partial charge in [-0.25, -0.2) is 0 Å². The number of morpholine rings is 1. The molecule has 5 nitrogen and oxygen atoms in total. The van der Waals surface area contributed by atoms with E-state index in [1.165, 1.54) is 0 Å². The third kappa shape index (κ3) is 5.77. The number of carbonyl (C=O) groups is 1. The van der Waals surface area contributed by atoms with Crippen LogP contribution in [-0.2, 0) is 9.53 Å². The number of amides is 1. The Bertz CT molecular complexity index is 305. The molecule has 0 aromatic rings. The van der Waals surface area contributed by atoms with Crippen LogP contribution in [0.5, 0.6) is 0 Å². The number of rotatable bonds is 7. The Balaban J connectivity index is 2.35. The highest BCUT2D eigenvalue weighted by molar-refractivity contribution is 5.85. The van der Waals surface area contributed by atoms with Crippen LogP contribution in [0, 0.1) is 5.92 Å². The summed E-state index contributed by atoms with van der Waals surface area (Å²) in [4.78, 5) is 14.5. The number of nitrogens with zero attached hydrogens (tertiary/aromatic N) is 1. The maximum Gasteiger partial charge on any atom is 0.239 e. The molecule has 2 atom stereocenters. The van der Waals surface area contributed by atoms with Gasteiger partial charge in [-0.1, -0.05) is 27.2 Å². The van der Waals surface area contributed by atoms with E-state index >= 15 is 0 Å². The molecule has 0 saturated carbocycles. The Morgan fingerprint density at radius 1 is 1.55 bits per heavy atom. The van der Waals surface area contributed by atoms with Gasteiger partial charge in [-0.2, -0.15) is 0 Å². The number of hydrogen-bond acceptors (Lipinski definition) is 4. The van der Waals surface area contributed by atoms with E-state index in [-0.39, 0.29) is 12.0 Å². The van der Waals surface area contributed by atoms with E-state index in [1.807, 2.05) is 6.92 Å². The van der Waals surface area contributed by atoms with Gasteiger partial charge < -0.3 is 15.8 Å². The lowest BCUT2D eigenvalue weighted by molar-refractivity contribution is -0.127. The van der Waals surface area contributed by atoms with Crippen LogP contribution in [-0.4, -0.2) is 55.2 Å². The molecule has 1 fully saturated rings. The summed E-state index contributed by atoms with van der Waals surface area (Å²) in [7, 11) is 0. The second-order valence-electron chi connectivity index (χ2n) is 6.52. The molecule has 1 saturated heterocycles. The summed E-state index contributed by atoms with van der Waals surface area (Å²) in [6, 6.07) is 0. The maximum atomic E-state index is 12.1. The van der Waals surface area contributed by atoms with E-state index < -0.39 is 5.54 Å². The monoisotopic (exact) mass is 285 g/mol. The molecule has 0 bridgehead atoms. The molecule has 5 heteroatoms. The van der Waals surface area contributed by atoms with Crippen molar-refractivity contribution >= 4 is 5.91 Å². The Labute approximate surface area is 123 Å². The number of ether oxygens (including phenoxy) is 1. The summed E-state index contributed by atoms with van der Waals surface area (Å²) in [6.07, 6.45) is 1.68. The first-order chi connectivity index (χ1) is 9.35. The summed E-state index contributed by atoms with van der Waals surface area (Å²) in [5.41, 5.74) is 5.24. The van der Waals surface area contributed by atoms with Crippen molar-refractivity contribution in [2.24, 2.45) is 11.7 Å². The zero-order valence-electron chi connectivity index (χ0n) is 13.4. The number of nitrogens with one attached hydrogen (secondary N) is 1. The third-order valence-electron chi connectivity index (χ3n) is 3.62. The molecule has 1 aliphatic rings. The van der Waals surface area contributed by atoms with Crippen molar-refractivity contribution < 1.29 is 9.53 Å². The molecule has 2 unspecified atom stereocenters. The van der Waals surface area contributed by atoms with E-state index in [2.05, 4.69) is 24.1 Å². The van der Waals surface area contributed by atoms with Gasteiger partial charge in [-0.15, -0.1) is 0 Å². The van der Waals surface area contributed by atoms with Crippen molar-refractivity contribution in [2.75, 3.05) is 32.8 Å². The van der Waals surface area contributed by atoms with E-state index in [9.17, 15) is 4.79 Å². The van der Waals surface area contributed by atoms with Crippen LogP contribution in [0.25, 0.3) is 0 Å². The zero-order chi connectivity index (χ0) is 15.2. The van der Waals surface area contributed by atoms with Crippen molar-refractivity contribution in [2.45, 2.75) is 52.2 Å². The van der Waals surface area contributed by atoms with Crippen molar-refractivity contribution in [3.63, 3.8) is 0 Å². The topological polar surface area (TPSA) is 67.6 Å². The molecule has 0 aliphatic carbocycles. The van der Waals surface area contributed by atoms with Crippen molar-refractivity contribution in [3.8, 4) is 0 Å². The van der Waals surface area contributed by atoms with Gasteiger partial charge >= 0.3 is 0 Å². The van der Waals surface area contributed by atoms with E-state index in [1.54, 1.807) is 6.92 Å². The lowest BCUT2D eigenvalue weighted by Gasteiger charge is -2.34. The normalized spacial score (nSPS) is 23.6. The lowest BCUT2D eigenvalue weighted by atomic mass is 9.96. The highest BCUT2D eigenvalue weighted by atomic mass is 16.5. The molecule has 1 rings (SSSR count). The highest BCUT2D eigenvalue weighted by Gasteiger charge is 2.28. The first-order valence-corrected chi connectivity index (χ1v) is 7.76. The van der Waals surface area contributed by atoms with Gasteiger partial charge in [-0.3, -0.25) is 9.69 Å². The molecule has 3 N–H and O–H groups in total. The molecule has 118 valence electrons. The van der Waals surface area contributed by atoms with E-state index in [4.69, 9.17) is 10.5 Å². The Hall–Kier alpha value is -0.650. The van der Waals surface area contributed by atoms with Crippen molar-refractivity contribution in [3.05, 3.63) is 0 Å². The molecule has 20 heavy (non-hydrogen) atoms. The highest BCUT2D eigenvalue weighted by Crippen LogP contribution is 2.10. The average Bonchev–Trinajstić information content (AvgIpc) is 2.35. The molecule has 1 amide bonds. The second kappa shape index (κ2) is 7.96. The van der Waals surface area contributed by atoms with Crippen LogP contribution in [0.15, 0.2) is 0 Å². The maximum absolute atomic E-state index is 12.1. The molecule has 0 aromatic heterocycles. The van der Waals surface area contributed by atoms with Gasteiger partial charge in [0.1, 0.15) is 0 Å². The summed E-state index contributed by atoms with van der Waals surface area (Å²) in [5, 5.41) is 2.94. The Kier molecular flexibility index (Phi) is 6.92. The molecular formula is C15H31N3O2. The molecular weight excluding hydrogens is 254 g/mol. The minimum Gasteiger partial charge on any atom is -0.374 e. The van der Waals surface area contributed by atoms with Gasteiger partial charge in [-0.05, 0) is 19.3 Å². The van der Waals surface area contributed by atoms with E-state index in [0.29, 0.717) is 18.9 Å².